The van der Waals surface area contributed by atoms with E-state index in [1.807, 2.05) is 43.3 Å². The minimum atomic E-state index is -1.12. The summed E-state index contributed by atoms with van der Waals surface area (Å²) in [5.41, 5.74) is 5.22. The van der Waals surface area contributed by atoms with Gasteiger partial charge in [-0.1, -0.05) is 48.5 Å². The maximum Gasteiger partial charge on any atom is 0.407 e. The fraction of sp³-hybridized carbons (Fsp3) is 0.261. The number of aliphatic carboxylic acids is 1. The first-order chi connectivity index (χ1) is 14.6. The summed E-state index contributed by atoms with van der Waals surface area (Å²) in [6.45, 7) is 2.78. The van der Waals surface area contributed by atoms with Gasteiger partial charge in [0.1, 0.15) is 12.6 Å². The number of ether oxygens (including phenoxy) is 1. The maximum absolute atomic E-state index is 12.4. The summed E-state index contributed by atoms with van der Waals surface area (Å²) in [7, 11) is 0. The van der Waals surface area contributed by atoms with E-state index in [1.165, 1.54) is 0 Å². The molecule has 1 aliphatic rings. The van der Waals surface area contributed by atoms with Gasteiger partial charge >= 0.3 is 12.1 Å². The van der Waals surface area contributed by atoms with Gasteiger partial charge in [0, 0.05) is 25.1 Å². The van der Waals surface area contributed by atoms with Crippen LogP contribution in [0.4, 0.5) is 4.79 Å². The lowest BCUT2D eigenvalue weighted by atomic mass is 9.98. The molecule has 1 aromatic heterocycles. The number of fused-ring (bicyclic) bond motifs is 3. The lowest BCUT2D eigenvalue weighted by Gasteiger charge is -2.17. The van der Waals surface area contributed by atoms with Crippen molar-refractivity contribution in [2.45, 2.75) is 31.8 Å². The van der Waals surface area contributed by atoms with Crippen molar-refractivity contribution in [1.29, 1.82) is 0 Å². The smallest absolute Gasteiger partial charge is 0.407 e. The van der Waals surface area contributed by atoms with Crippen LogP contribution in [0.15, 0.2) is 60.9 Å². The molecule has 0 saturated heterocycles. The Morgan fingerprint density at radius 3 is 2.33 bits per heavy atom. The monoisotopic (exact) mass is 405 g/mol. The number of nitrogens with zero attached hydrogens (tertiary/aromatic N) is 2. The number of benzene rings is 2. The number of aryl methyl sites for hydroxylation is 1. The average molecular weight is 405 g/mol. The second-order valence-corrected chi connectivity index (χ2v) is 7.27. The third kappa shape index (κ3) is 3.91. The summed E-state index contributed by atoms with van der Waals surface area (Å²) >= 11 is 0. The van der Waals surface area contributed by atoms with E-state index in [0.717, 1.165) is 27.8 Å². The third-order valence-electron chi connectivity index (χ3n) is 5.38. The first-order valence-corrected chi connectivity index (χ1v) is 9.92. The lowest BCUT2D eigenvalue weighted by molar-refractivity contribution is -0.139. The van der Waals surface area contributed by atoms with E-state index in [9.17, 15) is 14.7 Å². The lowest BCUT2D eigenvalue weighted by Crippen LogP contribution is -2.42. The van der Waals surface area contributed by atoms with Crippen LogP contribution in [-0.2, 0) is 22.5 Å². The zero-order chi connectivity index (χ0) is 21.1. The van der Waals surface area contributed by atoms with Crippen molar-refractivity contribution in [2.75, 3.05) is 6.61 Å². The minimum Gasteiger partial charge on any atom is -0.480 e. The predicted molar refractivity (Wildman–Crippen MR) is 111 cm³/mol. The molecule has 1 atom stereocenters. The van der Waals surface area contributed by atoms with Crippen molar-refractivity contribution in [3.63, 3.8) is 0 Å². The molecule has 3 aromatic rings. The van der Waals surface area contributed by atoms with Crippen molar-refractivity contribution in [2.24, 2.45) is 0 Å². The van der Waals surface area contributed by atoms with Crippen LogP contribution in [-0.4, -0.2) is 39.6 Å². The zero-order valence-corrected chi connectivity index (χ0v) is 16.6. The predicted octanol–water partition coefficient (Wildman–Crippen LogP) is 3.44. The molecule has 0 radical (unpaired) electrons. The molecule has 4 rings (SSSR count). The minimum absolute atomic E-state index is 0.0748. The highest BCUT2D eigenvalue weighted by Gasteiger charge is 2.29. The summed E-state index contributed by atoms with van der Waals surface area (Å²) in [4.78, 5) is 24.0. The number of amides is 1. The number of hydrogen-bond acceptors (Lipinski definition) is 4. The van der Waals surface area contributed by atoms with Crippen LogP contribution in [0, 0.1) is 0 Å². The van der Waals surface area contributed by atoms with Crippen molar-refractivity contribution in [1.82, 2.24) is 15.1 Å². The van der Waals surface area contributed by atoms with Gasteiger partial charge in [-0.15, -0.1) is 0 Å². The Kier molecular flexibility index (Phi) is 5.52. The molecule has 0 aliphatic heterocycles. The Hall–Kier alpha value is -3.61. The quantitative estimate of drug-likeness (QED) is 0.628. The fourth-order valence-corrected chi connectivity index (χ4v) is 3.90. The molecule has 2 N–H and O–H groups in total. The van der Waals surface area contributed by atoms with Gasteiger partial charge in [-0.3, -0.25) is 4.68 Å². The van der Waals surface area contributed by atoms with Gasteiger partial charge in [0.15, 0.2) is 0 Å². The Bertz CT molecular complexity index is 1030. The largest absolute Gasteiger partial charge is 0.480 e. The number of carbonyl (C=O) groups is 2. The summed E-state index contributed by atoms with van der Waals surface area (Å²) in [6, 6.07) is 15.0. The molecule has 0 saturated carbocycles. The van der Waals surface area contributed by atoms with Crippen molar-refractivity contribution in [3.05, 3.63) is 77.6 Å². The summed E-state index contributed by atoms with van der Waals surface area (Å²) in [5.74, 6) is -1.19. The topological polar surface area (TPSA) is 93.5 Å². The van der Waals surface area contributed by atoms with Gasteiger partial charge in [0.2, 0.25) is 0 Å². The van der Waals surface area contributed by atoms with E-state index in [0.29, 0.717) is 6.54 Å². The summed E-state index contributed by atoms with van der Waals surface area (Å²) in [6.07, 6.45) is 2.78. The van der Waals surface area contributed by atoms with Gasteiger partial charge in [0.25, 0.3) is 0 Å². The van der Waals surface area contributed by atoms with E-state index >= 15 is 0 Å². The molecule has 1 unspecified atom stereocenters. The second kappa shape index (κ2) is 8.41. The molecule has 7 nitrogen and oxygen atoms in total. The van der Waals surface area contributed by atoms with Crippen LogP contribution in [0.2, 0.25) is 0 Å². The third-order valence-corrected chi connectivity index (χ3v) is 5.38. The van der Waals surface area contributed by atoms with Crippen molar-refractivity contribution >= 4 is 12.1 Å². The number of hydrogen-bond donors (Lipinski definition) is 2. The summed E-state index contributed by atoms with van der Waals surface area (Å²) in [5, 5.41) is 16.1. The van der Waals surface area contributed by atoms with E-state index in [2.05, 4.69) is 22.5 Å². The highest BCUT2D eigenvalue weighted by Crippen LogP contribution is 2.44. The van der Waals surface area contributed by atoms with Crippen LogP contribution < -0.4 is 5.32 Å². The number of alkyl carbamates (subject to hydrolysis) is 1. The van der Waals surface area contributed by atoms with Crippen LogP contribution >= 0.6 is 0 Å². The van der Waals surface area contributed by atoms with Gasteiger partial charge < -0.3 is 15.2 Å². The number of aromatic nitrogens is 2. The maximum atomic E-state index is 12.4. The van der Waals surface area contributed by atoms with Crippen molar-refractivity contribution in [3.8, 4) is 11.1 Å². The first kappa shape index (κ1) is 19.7. The molecule has 154 valence electrons. The first-order valence-electron chi connectivity index (χ1n) is 9.92. The van der Waals surface area contributed by atoms with E-state index in [4.69, 9.17) is 4.74 Å². The highest BCUT2D eigenvalue weighted by atomic mass is 16.5. The van der Waals surface area contributed by atoms with E-state index in [-0.39, 0.29) is 18.9 Å². The van der Waals surface area contributed by atoms with Crippen LogP contribution in [0.3, 0.4) is 0 Å². The average Bonchev–Trinajstić information content (AvgIpc) is 3.34. The molecule has 30 heavy (non-hydrogen) atoms. The van der Waals surface area contributed by atoms with Gasteiger partial charge in [-0.25, -0.2) is 9.59 Å². The Balaban J connectivity index is 1.42. The molecule has 0 spiro atoms. The summed E-state index contributed by atoms with van der Waals surface area (Å²) < 4.78 is 7.16. The second-order valence-electron chi connectivity index (χ2n) is 7.27. The zero-order valence-electron chi connectivity index (χ0n) is 16.6. The van der Waals surface area contributed by atoms with Gasteiger partial charge in [0.05, 0.1) is 6.20 Å². The van der Waals surface area contributed by atoms with Crippen LogP contribution in [0.5, 0.6) is 0 Å². The van der Waals surface area contributed by atoms with Crippen LogP contribution in [0.25, 0.3) is 11.1 Å². The normalized spacial score (nSPS) is 13.4. The molecule has 0 bridgehead atoms. The highest BCUT2D eigenvalue weighted by molar-refractivity contribution is 5.81. The number of carbonyl (C=O) groups excluding carboxylic acids is 1. The standard InChI is InChI=1S/C23H23N3O4/c1-2-26-13-15(12-24-26)11-21(22(27)28)25-23(29)30-14-20-18-9-5-3-7-16(18)17-8-4-6-10-19(17)20/h3-10,12-13,20-21H,2,11,14H2,1H3,(H,25,29)(H,27,28). The molecule has 2 aromatic carbocycles. The Labute approximate surface area is 174 Å². The number of rotatable bonds is 7. The van der Waals surface area contributed by atoms with Crippen LogP contribution in [0.1, 0.15) is 29.5 Å². The van der Waals surface area contributed by atoms with E-state index in [1.54, 1.807) is 17.1 Å². The molecule has 1 heterocycles. The molecular formula is C23H23N3O4. The Morgan fingerprint density at radius 2 is 1.77 bits per heavy atom. The number of carboxylic acids is 1. The number of nitrogens with one attached hydrogen (secondary N) is 1. The molecule has 7 heteroatoms. The molecular weight excluding hydrogens is 382 g/mol. The SMILES string of the molecule is CCn1cc(CC(NC(=O)OCC2c3ccccc3-c3ccccc32)C(=O)O)cn1. The fourth-order valence-electron chi connectivity index (χ4n) is 3.90. The van der Waals surface area contributed by atoms with Crippen molar-refractivity contribution < 1.29 is 19.4 Å². The van der Waals surface area contributed by atoms with Gasteiger partial charge in [-0.2, -0.15) is 5.10 Å². The van der Waals surface area contributed by atoms with E-state index < -0.39 is 18.1 Å². The molecule has 1 amide bonds. The number of carboxylic acid groups (broad SMARTS) is 1. The Morgan fingerprint density at radius 1 is 1.13 bits per heavy atom. The molecule has 1 aliphatic carbocycles. The molecule has 0 fully saturated rings. The van der Waals surface area contributed by atoms with Gasteiger partial charge in [-0.05, 0) is 34.7 Å².